The van der Waals surface area contributed by atoms with Crippen LogP contribution < -0.4 is 10.6 Å². The van der Waals surface area contributed by atoms with Crippen LogP contribution in [0.5, 0.6) is 0 Å². The molecule has 2 N–H and O–H groups in total. The molecule has 1 saturated heterocycles. The molecule has 114 valence electrons. The van der Waals surface area contributed by atoms with E-state index in [9.17, 15) is 8.42 Å². The van der Waals surface area contributed by atoms with E-state index in [1.807, 2.05) is 21.0 Å². The van der Waals surface area contributed by atoms with Gasteiger partial charge in [-0.25, -0.2) is 8.42 Å². The van der Waals surface area contributed by atoms with Crippen LogP contribution in [0.1, 0.15) is 19.8 Å². The average Bonchev–Trinajstić information content (AvgIpc) is 2.94. The molecule has 1 unspecified atom stereocenters. The van der Waals surface area contributed by atoms with Crippen LogP contribution in [0.15, 0.2) is 4.90 Å². The number of aromatic nitrogens is 1. The Labute approximate surface area is 124 Å². The standard InChI is InChI=1S/C12H22N4O2S2/c1-4-7-20(17,18)10-11(13)14-19-12(10)16-6-5-9(8-16)15(2)3/h9H,4-8H2,1-3H3,(H2,13,14). The minimum absolute atomic E-state index is 0.119. The van der Waals surface area contributed by atoms with Gasteiger partial charge in [-0.05, 0) is 38.5 Å². The maximum Gasteiger partial charge on any atom is 0.185 e. The molecule has 0 aliphatic carbocycles. The fraction of sp³-hybridized carbons (Fsp3) is 0.750. The van der Waals surface area contributed by atoms with Crippen molar-refractivity contribution in [2.24, 2.45) is 0 Å². The Morgan fingerprint density at radius 1 is 1.50 bits per heavy atom. The molecule has 1 aromatic rings. The molecule has 2 heterocycles. The molecule has 1 atom stereocenters. The zero-order chi connectivity index (χ0) is 14.9. The van der Waals surface area contributed by atoms with Crippen LogP contribution in [-0.4, -0.2) is 56.7 Å². The van der Waals surface area contributed by atoms with Crippen molar-refractivity contribution < 1.29 is 8.42 Å². The molecule has 8 heteroatoms. The molecule has 0 bridgehead atoms. The first-order valence-corrected chi connectivity index (χ1v) is 9.18. The first-order valence-electron chi connectivity index (χ1n) is 6.76. The average molecular weight is 318 g/mol. The zero-order valence-electron chi connectivity index (χ0n) is 12.2. The number of rotatable bonds is 5. The highest BCUT2D eigenvalue weighted by atomic mass is 32.2. The number of likely N-dealkylation sites (N-methyl/N-ethyl adjacent to an activating group) is 1. The molecule has 0 spiro atoms. The topological polar surface area (TPSA) is 79.5 Å². The number of nitrogens with two attached hydrogens (primary N) is 1. The Morgan fingerprint density at radius 2 is 2.20 bits per heavy atom. The van der Waals surface area contributed by atoms with Crippen LogP contribution in [0.2, 0.25) is 0 Å². The number of sulfone groups is 1. The summed E-state index contributed by atoms with van der Waals surface area (Å²) >= 11 is 1.19. The van der Waals surface area contributed by atoms with Crippen LogP contribution in [0.4, 0.5) is 10.8 Å². The molecule has 6 nitrogen and oxygen atoms in total. The molecule has 0 aromatic carbocycles. The van der Waals surface area contributed by atoms with Gasteiger partial charge in [0.05, 0.1) is 5.75 Å². The van der Waals surface area contributed by atoms with Gasteiger partial charge in [-0.3, -0.25) is 0 Å². The van der Waals surface area contributed by atoms with Crippen molar-refractivity contribution >= 4 is 32.2 Å². The van der Waals surface area contributed by atoms with E-state index in [0.717, 1.165) is 19.5 Å². The van der Waals surface area contributed by atoms with Crippen LogP contribution in [0.25, 0.3) is 0 Å². The number of hydrogen-bond acceptors (Lipinski definition) is 7. The Hall–Kier alpha value is -0.860. The van der Waals surface area contributed by atoms with Crippen molar-refractivity contribution in [1.82, 2.24) is 9.27 Å². The van der Waals surface area contributed by atoms with Crippen molar-refractivity contribution in [2.45, 2.75) is 30.7 Å². The summed E-state index contributed by atoms with van der Waals surface area (Å²) < 4.78 is 28.8. The third-order valence-corrected chi connectivity index (χ3v) is 6.64. The number of anilines is 2. The molecule has 1 fully saturated rings. The van der Waals surface area contributed by atoms with Crippen LogP contribution >= 0.6 is 11.5 Å². The van der Waals surface area contributed by atoms with E-state index in [1.165, 1.54) is 11.5 Å². The van der Waals surface area contributed by atoms with Gasteiger partial charge in [0.1, 0.15) is 9.90 Å². The molecule has 0 saturated carbocycles. The normalized spacial score (nSPS) is 20.0. The van der Waals surface area contributed by atoms with Gasteiger partial charge in [-0.1, -0.05) is 6.92 Å². The highest BCUT2D eigenvalue weighted by molar-refractivity contribution is 7.91. The monoisotopic (exact) mass is 318 g/mol. The highest BCUT2D eigenvalue weighted by Crippen LogP contribution is 2.37. The van der Waals surface area contributed by atoms with Crippen LogP contribution in [0, 0.1) is 0 Å². The lowest BCUT2D eigenvalue weighted by Crippen LogP contribution is -2.31. The maximum absolute atomic E-state index is 12.4. The summed E-state index contributed by atoms with van der Waals surface area (Å²) in [5.74, 6) is 0.264. The molecule has 1 aliphatic rings. The molecule has 1 aliphatic heterocycles. The number of hydrogen-bond donors (Lipinski definition) is 1. The third kappa shape index (κ3) is 2.91. The first-order chi connectivity index (χ1) is 9.36. The fourth-order valence-electron chi connectivity index (χ4n) is 2.50. The summed E-state index contributed by atoms with van der Waals surface area (Å²) in [5, 5.41) is 0.709. The smallest absolute Gasteiger partial charge is 0.185 e. The zero-order valence-corrected chi connectivity index (χ0v) is 13.8. The first kappa shape index (κ1) is 15.5. The summed E-state index contributed by atoms with van der Waals surface area (Å²) in [6.07, 6.45) is 1.61. The van der Waals surface area contributed by atoms with Crippen molar-refractivity contribution in [3.8, 4) is 0 Å². The summed E-state index contributed by atoms with van der Waals surface area (Å²) in [5.41, 5.74) is 5.80. The van der Waals surface area contributed by atoms with Gasteiger partial charge in [0.2, 0.25) is 0 Å². The summed E-state index contributed by atoms with van der Waals surface area (Å²) in [7, 11) is 0.755. The molecule has 0 amide bonds. The molecule has 1 aromatic heterocycles. The minimum Gasteiger partial charge on any atom is -0.382 e. The molecule has 20 heavy (non-hydrogen) atoms. The highest BCUT2D eigenvalue weighted by Gasteiger charge is 2.32. The van der Waals surface area contributed by atoms with E-state index in [1.54, 1.807) is 0 Å². The van der Waals surface area contributed by atoms with Gasteiger partial charge >= 0.3 is 0 Å². The van der Waals surface area contributed by atoms with Crippen LogP contribution in [0.3, 0.4) is 0 Å². The molecular formula is C12H22N4O2S2. The van der Waals surface area contributed by atoms with Crippen molar-refractivity contribution in [3.05, 3.63) is 0 Å². The van der Waals surface area contributed by atoms with E-state index in [4.69, 9.17) is 5.73 Å². The molecule has 2 rings (SSSR count). The van der Waals surface area contributed by atoms with Gasteiger partial charge in [0.25, 0.3) is 0 Å². The van der Waals surface area contributed by atoms with Crippen molar-refractivity contribution in [2.75, 3.05) is 43.6 Å². The Bertz CT molecular complexity index is 568. The largest absolute Gasteiger partial charge is 0.382 e. The Balaban J connectivity index is 2.31. The van der Waals surface area contributed by atoms with E-state index in [-0.39, 0.29) is 16.5 Å². The molecule has 0 radical (unpaired) electrons. The third-order valence-electron chi connectivity index (χ3n) is 3.62. The lowest BCUT2D eigenvalue weighted by molar-refractivity contribution is 0.315. The Kier molecular flexibility index (Phi) is 4.55. The predicted octanol–water partition coefficient (Wildman–Crippen LogP) is 1.05. The summed E-state index contributed by atoms with van der Waals surface area (Å²) in [4.78, 5) is 4.51. The van der Waals surface area contributed by atoms with E-state index >= 15 is 0 Å². The van der Waals surface area contributed by atoms with E-state index in [0.29, 0.717) is 17.5 Å². The van der Waals surface area contributed by atoms with Gasteiger partial charge < -0.3 is 15.5 Å². The van der Waals surface area contributed by atoms with Crippen molar-refractivity contribution in [3.63, 3.8) is 0 Å². The Morgan fingerprint density at radius 3 is 2.75 bits per heavy atom. The van der Waals surface area contributed by atoms with Crippen LogP contribution in [-0.2, 0) is 9.84 Å². The minimum atomic E-state index is -3.34. The second-order valence-corrected chi connectivity index (χ2v) is 8.17. The lowest BCUT2D eigenvalue weighted by atomic mass is 10.2. The van der Waals surface area contributed by atoms with Gasteiger partial charge in [-0.2, -0.15) is 4.37 Å². The van der Waals surface area contributed by atoms with E-state index in [2.05, 4.69) is 14.2 Å². The van der Waals surface area contributed by atoms with Crippen molar-refractivity contribution in [1.29, 1.82) is 0 Å². The van der Waals surface area contributed by atoms with Gasteiger partial charge in [0, 0.05) is 19.1 Å². The SMILES string of the molecule is CCCS(=O)(=O)c1c(N)nsc1N1CCC(N(C)C)C1. The maximum atomic E-state index is 12.4. The second-order valence-electron chi connectivity index (χ2n) is 5.37. The predicted molar refractivity (Wildman–Crippen MR) is 83.2 cm³/mol. The second kappa shape index (κ2) is 5.87. The fourth-order valence-corrected chi connectivity index (χ4v) is 5.29. The number of nitrogens with zero attached hydrogens (tertiary/aromatic N) is 3. The van der Waals surface area contributed by atoms with Gasteiger partial charge in [0.15, 0.2) is 15.7 Å². The quantitative estimate of drug-likeness (QED) is 0.874. The van der Waals surface area contributed by atoms with E-state index < -0.39 is 9.84 Å². The summed E-state index contributed by atoms with van der Waals surface area (Å²) in [6, 6.07) is 0.444. The number of nitrogen functional groups attached to an aromatic ring is 1. The molecular weight excluding hydrogens is 296 g/mol. The van der Waals surface area contributed by atoms with Gasteiger partial charge in [-0.15, -0.1) is 0 Å². The lowest BCUT2D eigenvalue weighted by Gasteiger charge is -2.21. The summed E-state index contributed by atoms with van der Waals surface area (Å²) in [6.45, 7) is 3.52.